The Morgan fingerprint density at radius 1 is 1.41 bits per heavy atom. The first-order valence-corrected chi connectivity index (χ1v) is 9.89. The fraction of sp³-hybridized carbons (Fsp3) is 0.350. The number of carbonyl (C=O) groups excluding carboxylic acids is 1. The molecule has 1 aromatic carbocycles. The van der Waals surface area contributed by atoms with Gasteiger partial charge in [0.1, 0.15) is 5.76 Å². The van der Waals surface area contributed by atoms with Gasteiger partial charge in [-0.3, -0.25) is 0 Å². The molecule has 0 radical (unpaired) electrons. The Labute approximate surface area is 162 Å². The van der Waals surface area contributed by atoms with Crippen molar-refractivity contribution in [2.75, 3.05) is 11.1 Å². The van der Waals surface area contributed by atoms with Gasteiger partial charge in [-0.05, 0) is 50.5 Å². The molecular formula is C20H24FN3O2S. The number of carbonyl (C=O) groups is 1. The third kappa shape index (κ3) is 5.23. The Hall–Kier alpha value is -2.54. The Kier molecular flexibility index (Phi) is 6.01. The monoisotopic (exact) mass is 389 g/mol. The summed E-state index contributed by atoms with van der Waals surface area (Å²) in [5.41, 5.74) is 7.07. The van der Waals surface area contributed by atoms with E-state index in [1.165, 1.54) is 23.5 Å². The van der Waals surface area contributed by atoms with Crippen molar-refractivity contribution in [3.63, 3.8) is 0 Å². The van der Waals surface area contributed by atoms with Gasteiger partial charge in [-0.25, -0.2) is 9.18 Å². The van der Waals surface area contributed by atoms with Crippen molar-refractivity contribution in [3.05, 3.63) is 45.9 Å². The molecule has 3 rings (SSSR count). The molecule has 0 atom stereocenters. The minimum absolute atomic E-state index is 0.0935. The molecule has 0 aliphatic heterocycles. The van der Waals surface area contributed by atoms with Crippen LogP contribution in [0.25, 0.3) is 5.76 Å². The van der Waals surface area contributed by atoms with E-state index in [1.54, 1.807) is 6.07 Å². The molecule has 0 spiro atoms. The standard InChI is InChI=1S/C20H24FN3O2S/c1-3-4-5-18(19-16(22)10-12(2)27-19)26-17-9-8-14(11-15(17)21)24-20(25)23-13-6-7-13/h5,8-11,13H,3-4,6-7,22H2,1-2H3,(H2,23,24,25). The summed E-state index contributed by atoms with van der Waals surface area (Å²) in [6.45, 7) is 4.03. The summed E-state index contributed by atoms with van der Waals surface area (Å²) in [6, 6.07) is 6.18. The molecule has 0 bridgehead atoms. The highest BCUT2D eigenvalue weighted by atomic mass is 32.1. The van der Waals surface area contributed by atoms with Crippen LogP contribution in [0.2, 0.25) is 0 Å². The number of halogens is 1. The molecule has 1 saturated carbocycles. The number of thiophene rings is 1. The van der Waals surface area contributed by atoms with Gasteiger partial charge in [-0.15, -0.1) is 11.3 Å². The number of rotatable bonds is 7. The third-order valence-corrected chi connectivity index (χ3v) is 5.13. The van der Waals surface area contributed by atoms with Gasteiger partial charge in [0, 0.05) is 22.7 Å². The molecular weight excluding hydrogens is 365 g/mol. The number of ether oxygens (including phenoxy) is 1. The van der Waals surface area contributed by atoms with Crippen LogP contribution >= 0.6 is 11.3 Å². The van der Waals surface area contributed by atoms with Crippen LogP contribution < -0.4 is 21.1 Å². The summed E-state index contributed by atoms with van der Waals surface area (Å²) < 4.78 is 20.4. The largest absolute Gasteiger partial charge is 0.453 e. The quantitative estimate of drug-likeness (QED) is 0.564. The van der Waals surface area contributed by atoms with Crippen LogP contribution in [0.1, 0.15) is 42.4 Å². The lowest BCUT2D eigenvalue weighted by Crippen LogP contribution is -2.30. The normalized spacial score (nSPS) is 14.1. The van der Waals surface area contributed by atoms with Crippen LogP contribution in [0.5, 0.6) is 5.75 Å². The number of nitrogen functional groups attached to an aromatic ring is 1. The van der Waals surface area contributed by atoms with E-state index >= 15 is 0 Å². The van der Waals surface area contributed by atoms with Crippen LogP contribution in [-0.2, 0) is 0 Å². The van der Waals surface area contributed by atoms with Crippen LogP contribution in [-0.4, -0.2) is 12.1 Å². The maximum atomic E-state index is 14.5. The summed E-state index contributed by atoms with van der Waals surface area (Å²) >= 11 is 1.52. The number of nitrogens with two attached hydrogens (primary N) is 1. The maximum absolute atomic E-state index is 14.5. The average Bonchev–Trinajstić information content (AvgIpc) is 3.35. The van der Waals surface area contributed by atoms with Crippen LogP contribution in [0.4, 0.5) is 20.6 Å². The summed E-state index contributed by atoms with van der Waals surface area (Å²) in [7, 11) is 0. The van der Waals surface area contributed by atoms with Crippen molar-refractivity contribution >= 4 is 34.5 Å². The Morgan fingerprint density at radius 3 is 2.78 bits per heavy atom. The molecule has 1 aliphatic carbocycles. The molecule has 2 amide bonds. The lowest BCUT2D eigenvalue weighted by Gasteiger charge is -2.12. The third-order valence-electron chi connectivity index (χ3n) is 4.05. The van der Waals surface area contributed by atoms with Crippen molar-refractivity contribution in [2.45, 2.75) is 45.6 Å². The van der Waals surface area contributed by atoms with Gasteiger partial charge in [0.25, 0.3) is 0 Å². The predicted molar refractivity (Wildman–Crippen MR) is 109 cm³/mol. The second kappa shape index (κ2) is 8.43. The highest BCUT2D eigenvalue weighted by molar-refractivity contribution is 7.13. The van der Waals surface area contributed by atoms with Gasteiger partial charge in [0.2, 0.25) is 0 Å². The highest BCUT2D eigenvalue weighted by Gasteiger charge is 2.23. The predicted octanol–water partition coefficient (Wildman–Crippen LogP) is 5.28. The zero-order chi connectivity index (χ0) is 19.4. The molecule has 1 fully saturated rings. The number of aryl methyl sites for hydroxylation is 1. The van der Waals surface area contributed by atoms with Gasteiger partial charge in [-0.2, -0.15) is 0 Å². The number of hydrogen-bond acceptors (Lipinski definition) is 4. The molecule has 27 heavy (non-hydrogen) atoms. The zero-order valence-electron chi connectivity index (χ0n) is 15.5. The molecule has 5 nitrogen and oxygen atoms in total. The number of hydrogen-bond donors (Lipinski definition) is 3. The van der Waals surface area contributed by atoms with E-state index in [0.717, 1.165) is 35.4 Å². The van der Waals surface area contributed by atoms with Crippen molar-refractivity contribution in [3.8, 4) is 5.75 Å². The zero-order valence-corrected chi connectivity index (χ0v) is 16.3. The second-order valence-corrected chi connectivity index (χ2v) is 7.87. The van der Waals surface area contributed by atoms with Gasteiger partial charge in [0.15, 0.2) is 11.6 Å². The highest BCUT2D eigenvalue weighted by Crippen LogP contribution is 2.34. The minimum Gasteiger partial charge on any atom is -0.453 e. The van der Waals surface area contributed by atoms with Crippen molar-refractivity contribution in [1.29, 1.82) is 0 Å². The van der Waals surface area contributed by atoms with E-state index in [1.807, 2.05) is 19.1 Å². The van der Waals surface area contributed by atoms with E-state index < -0.39 is 5.82 Å². The number of nitrogens with one attached hydrogen (secondary N) is 2. The fourth-order valence-corrected chi connectivity index (χ4v) is 3.45. The molecule has 2 aromatic rings. The molecule has 0 saturated heterocycles. The minimum atomic E-state index is -0.548. The fourth-order valence-electron chi connectivity index (χ4n) is 2.54. The molecule has 1 heterocycles. The van der Waals surface area contributed by atoms with Gasteiger partial charge in [0.05, 0.1) is 10.6 Å². The molecule has 4 N–H and O–H groups in total. The summed E-state index contributed by atoms with van der Waals surface area (Å²) in [4.78, 5) is 13.6. The van der Waals surface area contributed by atoms with E-state index in [2.05, 4.69) is 17.6 Å². The SMILES string of the molecule is CCCC=C(Oc1ccc(NC(=O)NC2CC2)cc1F)c1sc(C)cc1N. The molecule has 0 unspecified atom stereocenters. The lowest BCUT2D eigenvalue weighted by atomic mass is 10.2. The second-order valence-electron chi connectivity index (χ2n) is 6.62. The molecule has 1 aliphatic rings. The Bertz CT molecular complexity index is 859. The van der Waals surface area contributed by atoms with Crippen molar-refractivity contribution < 1.29 is 13.9 Å². The number of unbranched alkanes of at least 4 members (excludes halogenated alkanes) is 1. The smallest absolute Gasteiger partial charge is 0.319 e. The summed E-state index contributed by atoms with van der Waals surface area (Å²) in [5.74, 6) is 0.1000. The lowest BCUT2D eigenvalue weighted by molar-refractivity contribution is 0.251. The number of anilines is 2. The van der Waals surface area contributed by atoms with E-state index in [4.69, 9.17) is 10.5 Å². The first-order valence-electron chi connectivity index (χ1n) is 9.07. The molecule has 1 aromatic heterocycles. The van der Waals surface area contributed by atoms with Crippen molar-refractivity contribution in [1.82, 2.24) is 5.32 Å². The number of amides is 2. The van der Waals surface area contributed by atoms with Gasteiger partial charge < -0.3 is 21.1 Å². The first-order chi connectivity index (χ1) is 13.0. The van der Waals surface area contributed by atoms with Crippen LogP contribution in [0.15, 0.2) is 30.3 Å². The van der Waals surface area contributed by atoms with Crippen molar-refractivity contribution in [2.24, 2.45) is 0 Å². The molecule has 7 heteroatoms. The molecule has 144 valence electrons. The van der Waals surface area contributed by atoms with Crippen LogP contribution in [0.3, 0.4) is 0 Å². The topological polar surface area (TPSA) is 76.4 Å². The van der Waals surface area contributed by atoms with Crippen LogP contribution in [0, 0.1) is 12.7 Å². The average molecular weight is 389 g/mol. The van der Waals surface area contributed by atoms with Gasteiger partial charge >= 0.3 is 6.03 Å². The Morgan fingerprint density at radius 2 is 2.19 bits per heavy atom. The summed E-state index contributed by atoms with van der Waals surface area (Å²) in [6.07, 6.45) is 5.66. The van der Waals surface area contributed by atoms with Gasteiger partial charge in [-0.1, -0.05) is 13.3 Å². The number of urea groups is 1. The van der Waals surface area contributed by atoms with E-state index in [9.17, 15) is 9.18 Å². The van der Waals surface area contributed by atoms with E-state index in [-0.39, 0.29) is 17.8 Å². The number of allylic oxidation sites excluding steroid dienone is 1. The summed E-state index contributed by atoms with van der Waals surface area (Å²) in [5, 5.41) is 5.43. The number of benzene rings is 1. The first kappa shape index (κ1) is 19.2. The van der Waals surface area contributed by atoms with E-state index in [0.29, 0.717) is 17.1 Å². The maximum Gasteiger partial charge on any atom is 0.319 e. The Balaban J connectivity index is 1.75.